The second-order valence-corrected chi connectivity index (χ2v) is 6.47. The van der Waals surface area contributed by atoms with Crippen LogP contribution in [0.3, 0.4) is 0 Å². The molecule has 2 N–H and O–H groups in total. The number of amides is 1. The van der Waals surface area contributed by atoms with E-state index in [2.05, 4.69) is 15.3 Å². The minimum absolute atomic E-state index is 0.0254. The van der Waals surface area contributed by atoms with E-state index < -0.39 is 0 Å². The Hall–Kier alpha value is -2.25. The van der Waals surface area contributed by atoms with Crippen LogP contribution in [0.15, 0.2) is 36.9 Å². The van der Waals surface area contributed by atoms with Crippen molar-refractivity contribution in [2.45, 2.75) is 31.4 Å². The minimum Gasteiger partial charge on any atom is -0.392 e. The third-order valence-corrected chi connectivity index (χ3v) is 5.28. The molecule has 0 unspecified atom stereocenters. The monoisotopic (exact) mass is 328 g/mol. The number of aliphatic hydroxyl groups is 1. The molecule has 2 fully saturated rings. The smallest absolute Gasteiger partial charge is 0.270 e. The molecule has 24 heavy (non-hydrogen) atoms. The predicted octanol–water partition coefficient (Wildman–Crippen LogP) is 0.927. The lowest BCUT2D eigenvalue weighted by Gasteiger charge is -2.55. The van der Waals surface area contributed by atoms with E-state index in [9.17, 15) is 9.90 Å². The van der Waals surface area contributed by atoms with Gasteiger partial charge >= 0.3 is 0 Å². The lowest BCUT2D eigenvalue weighted by molar-refractivity contribution is -0.145. The normalized spacial score (nSPS) is 25.2. The first kappa shape index (κ1) is 15.3. The Labute approximate surface area is 139 Å². The van der Waals surface area contributed by atoms with Gasteiger partial charge in [-0.15, -0.1) is 0 Å². The number of pyridine rings is 1. The summed E-state index contributed by atoms with van der Waals surface area (Å²) in [5.41, 5.74) is 0.125. The molecule has 2 atom stereocenters. The number of nitrogens with one attached hydrogen (secondary N) is 1. The first-order valence-electron chi connectivity index (χ1n) is 8.21. The molecule has 7 nitrogen and oxygen atoms in total. The molecule has 1 amide bonds. The quantitative estimate of drug-likeness (QED) is 0.875. The molecule has 1 saturated heterocycles. The molecule has 0 bridgehead atoms. The number of hydrogen-bond acceptors (Lipinski definition) is 5. The summed E-state index contributed by atoms with van der Waals surface area (Å²) in [4.78, 5) is 21.0. The van der Waals surface area contributed by atoms with E-state index in [0.29, 0.717) is 31.1 Å². The van der Waals surface area contributed by atoms with Crippen molar-refractivity contribution in [1.82, 2.24) is 19.9 Å². The van der Waals surface area contributed by atoms with Gasteiger partial charge in [-0.25, -0.2) is 9.97 Å². The molecular formula is C17H20N4O3. The van der Waals surface area contributed by atoms with Gasteiger partial charge in [-0.1, -0.05) is 6.07 Å². The van der Waals surface area contributed by atoms with E-state index in [1.807, 2.05) is 6.07 Å². The van der Waals surface area contributed by atoms with Gasteiger partial charge in [-0.2, -0.15) is 0 Å². The Balaban J connectivity index is 1.50. The van der Waals surface area contributed by atoms with Crippen LogP contribution in [-0.4, -0.2) is 50.9 Å². The molecule has 0 aromatic carbocycles. The number of hydrogen-bond donors (Lipinski definition) is 2. The Morgan fingerprint density at radius 1 is 1.38 bits per heavy atom. The van der Waals surface area contributed by atoms with Crippen molar-refractivity contribution in [1.29, 1.82) is 0 Å². The summed E-state index contributed by atoms with van der Waals surface area (Å²) in [6, 6.07) is 5.30. The molecule has 4 rings (SSSR count). The lowest BCUT2D eigenvalue weighted by atomic mass is 9.58. The summed E-state index contributed by atoms with van der Waals surface area (Å²) >= 11 is 0. The highest BCUT2D eigenvalue weighted by Crippen LogP contribution is 2.48. The molecule has 1 spiro atoms. The fourth-order valence-electron chi connectivity index (χ4n) is 3.72. The van der Waals surface area contributed by atoms with E-state index in [1.165, 1.54) is 0 Å². The van der Waals surface area contributed by atoms with Gasteiger partial charge in [0.2, 0.25) is 0 Å². The van der Waals surface area contributed by atoms with Gasteiger partial charge in [-0.05, 0) is 31.4 Å². The Kier molecular flexibility index (Phi) is 3.82. The van der Waals surface area contributed by atoms with Crippen molar-refractivity contribution in [3.63, 3.8) is 0 Å². The largest absolute Gasteiger partial charge is 0.392 e. The summed E-state index contributed by atoms with van der Waals surface area (Å²) in [6.45, 7) is 1.27. The van der Waals surface area contributed by atoms with E-state index in [-0.39, 0.29) is 23.5 Å². The topological polar surface area (TPSA) is 89.3 Å². The number of aromatic nitrogens is 3. The van der Waals surface area contributed by atoms with Gasteiger partial charge in [0.15, 0.2) is 0 Å². The van der Waals surface area contributed by atoms with Crippen LogP contribution in [-0.2, 0) is 4.74 Å². The zero-order valence-electron chi connectivity index (χ0n) is 13.3. The van der Waals surface area contributed by atoms with Crippen LogP contribution in [0.5, 0.6) is 0 Å². The number of carbonyl (C=O) groups is 1. The molecule has 7 heteroatoms. The molecular weight excluding hydrogens is 308 g/mol. The highest BCUT2D eigenvalue weighted by molar-refractivity contribution is 5.92. The zero-order valence-corrected chi connectivity index (χ0v) is 13.3. The van der Waals surface area contributed by atoms with E-state index in [4.69, 9.17) is 4.74 Å². The molecule has 126 valence electrons. The van der Waals surface area contributed by atoms with Gasteiger partial charge in [0.25, 0.3) is 5.91 Å². The van der Waals surface area contributed by atoms with Gasteiger partial charge in [0.1, 0.15) is 17.8 Å². The molecule has 1 aliphatic heterocycles. The summed E-state index contributed by atoms with van der Waals surface area (Å²) in [5, 5.41) is 13.3. The van der Waals surface area contributed by atoms with Crippen LogP contribution in [0.1, 0.15) is 29.8 Å². The van der Waals surface area contributed by atoms with E-state index >= 15 is 0 Å². The van der Waals surface area contributed by atoms with E-state index in [1.54, 1.807) is 35.4 Å². The maximum atomic E-state index is 12.6. The maximum Gasteiger partial charge on any atom is 0.270 e. The molecule has 2 aromatic rings. The minimum atomic E-state index is -0.364. The summed E-state index contributed by atoms with van der Waals surface area (Å²) in [5.74, 6) is 0.439. The van der Waals surface area contributed by atoms with Crippen molar-refractivity contribution < 1.29 is 14.6 Å². The summed E-state index contributed by atoms with van der Waals surface area (Å²) in [7, 11) is 0. The molecule has 0 radical (unpaired) electrons. The van der Waals surface area contributed by atoms with E-state index in [0.717, 1.165) is 12.8 Å². The molecule has 1 aliphatic carbocycles. The summed E-state index contributed by atoms with van der Waals surface area (Å²) < 4.78 is 7.15. The van der Waals surface area contributed by atoms with Crippen LogP contribution in [0.2, 0.25) is 0 Å². The summed E-state index contributed by atoms with van der Waals surface area (Å²) in [6.07, 6.45) is 6.87. The van der Waals surface area contributed by atoms with Crippen LogP contribution in [0.4, 0.5) is 0 Å². The van der Waals surface area contributed by atoms with Crippen molar-refractivity contribution in [3.05, 3.63) is 42.6 Å². The fraction of sp³-hybridized carbons (Fsp3) is 0.471. The second kappa shape index (κ2) is 5.99. The number of rotatable bonds is 3. The first-order valence-corrected chi connectivity index (χ1v) is 8.21. The predicted molar refractivity (Wildman–Crippen MR) is 85.7 cm³/mol. The third-order valence-electron chi connectivity index (χ3n) is 5.28. The average Bonchev–Trinajstić information content (AvgIpc) is 3.17. The average molecular weight is 328 g/mol. The fourth-order valence-corrected chi connectivity index (χ4v) is 3.72. The number of carbonyl (C=O) groups excluding carboxylic acids is 1. The molecule has 1 saturated carbocycles. The SMILES string of the molecule is O=C(N[C@@H]1C[C@@H](O)C12CCOCC2)c1cccc(-n2ccnc2)n1. The Morgan fingerprint density at radius 3 is 2.92 bits per heavy atom. The van der Waals surface area contributed by atoms with Crippen molar-refractivity contribution in [2.75, 3.05) is 13.2 Å². The second-order valence-electron chi connectivity index (χ2n) is 6.47. The highest BCUT2D eigenvalue weighted by Gasteiger charge is 2.55. The number of nitrogens with zero attached hydrogens (tertiary/aromatic N) is 3. The van der Waals surface area contributed by atoms with Crippen LogP contribution in [0, 0.1) is 5.41 Å². The van der Waals surface area contributed by atoms with Gasteiger partial charge < -0.3 is 15.2 Å². The van der Waals surface area contributed by atoms with Crippen LogP contribution < -0.4 is 5.32 Å². The number of aliphatic hydroxyl groups excluding tert-OH is 1. The van der Waals surface area contributed by atoms with Crippen LogP contribution >= 0.6 is 0 Å². The zero-order chi connectivity index (χ0) is 16.6. The molecule has 2 aliphatic rings. The van der Waals surface area contributed by atoms with Gasteiger partial charge in [0, 0.05) is 37.1 Å². The van der Waals surface area contributed by atoms with Crippen molar-refractivity contribution >= 4 is 5.91 Å². The van der Waals surface area contributed by atoms with Crippen LogP contribution in [0.25, 0.3) is 5.82 Å². The molecule has 2 aromatic heterocycles. The molecule has 3 heterocycles. The van der Waals surface area contributed by atoms with Crippen molar-refractivity contribution in [3.8, 4) is 5.82 Å². The van der Waals surface area contributed by atoms with Gasteiger partial charge in [0.05, 0.1) is 6.10 Å². The standard InChI is InChI=1S/C17H20N4O3/c22-14-10-13(17(14)4-8-24-9-5-17)20-16(23)12-2-1-3-15(19-12)21-7-6-18-11-21/h1-3,6-7,11,13-14,22H,4-5,8-10H2,(H,20,23)/t13-,14-/m1/s1. The Bertz CT molecular complexity index is 725. The first-order chi connectivity index (χ1) is 11.7. The lowest BCUT2D eigenvalue weighted by Crippen LogP contribution is -2.65. The highest BCUT2D eigenvalue weighted by atomic mass is 16.5. The number of ether oxygens (including phenoxy) is 1. The third kappa shape index (κ3) is 2.50. The van der Waals surface area contributed by atoms with Crippen molar-refractivity contribution in [2.24, 2.45) is 5.41 Å². The Morgan fingerprint density at radius 2 is 2.21 bits per heavy atom. The number of imidazole rings is 1. The van der Waals surface area contributed by atoms with Gasteiger partial charge in [-0.3, -0.25) is 9.36 Å². The maximum absolute atomic E-state index is 12.6.